The van der Waals surface area contributed by atoms with Gasteiger partial charge in [-0.05, 0) is 49.2 Å². The van der Waals surface area contributed by atoms with Crippen molar-refractivity contribution >= 4 is 40.9 Å². The fraction of sp³-hybridized carbons (Fsp3) is 0.286. The molecule has 2 aromatic carbocycles. The first-order chi connectivity index (χ1) is 13.4. The highest BCUT2D eigenvalue weighted by atomic mass is 32.2. The highest BCUT2D eigenvalue weighted by Gasteiger charge is 2.19. The van der Waals surface area contributed by atoms with E-state index in [4.69, 9.17) is 5.11 Å². The minimum Gasteiger partial charge on any atom is -0.478 e. The van der Waals surface area contributed by atoms with E-state index in [-0.39, 0.29) is 22.6 Å². The Morgan fingerprint density at radius 2 is 1.68 bits per heavy atom. The molecule has 7 heteroatoms. The number of benzene rings is 2. The molecule has 148 valence electrons. The molecule has 1 atom stereocenters. The number of amides is 2. The number of hydrogen-bond donors (Lipinski definition) is 3. The second-order valence-electron chi connectivity index (χ2n) is 6.22. The Morgan fingerprint density at radius 1 is 1.00 bits per heavy atom. The van der Waals surface area contributed by atoms with Crippen molar-refractivity contribution in [2.24, 2.45) is 0 Å². The SMILES string of the molecule is CCCC(=O)Nc1cccc(SC(CC)C(=O)Nc2cccc(C(=O)O)c2)c1. The van der Waals surface area contributed by atoms with Gasteiger partial charge >= 0.3 is 5.97 Å². The van der Waals surface area contributed by atoms with Gasteiger partial charge in [0.25, 0.3) is 0 Å². The smallest absolute Gasteiger partial charge is 0.335 e. The third-order valence-electron chi connectivity index (χ3n) is 3.91. The number of thioether (sulfide) groups is 1. The van der Waals surface area contributed by atoms with Gasteiger partial charge in [-0.3, -0.25) is 9.59 Å². The summed E-state index contributed by atoms with van der Waals surface area (Å²) < 4.78 is 0. The molecule has 3 N–H and O–H groups in total. The highest BCUT2D eigenvalue weighted by molar-refractivity contribution is 8.00. The molecule has 2 rings (SSSR count). The minimum absolute atomic E-state index is 0.0345. The molecule has 0 heterocycles. The number of carbonyl (C=O) groups is 3. The number of anilines is 2. The van der Waals surface area contributed by atoms with Gasteiger partial charge in [0.2, 0.25) is 11.8 Å². The maximum Gasteiger partial charge on any atom is 0.335 e. The van der Waals surface area contributed by atoms with Crippen LogP contribution in [-0.2, 0) is 9.59 Å². The van der Waals surface area contributed by atoms with Crippen molar-refractivity contribution in [2.45, 2.75) is 43.3 Å². The maximum absolute atomic E-state index is 12.6. The predicted molar refractivity (Wildman–Crippen MR) is 112 cm³/mol. The lowest BCUT2D eigenvalue weighted by Crippen LogP contribution is -2.24. The van der Waals surface area contributed by atoms with Crippen molar-refractivity contribution in [3.05, 3.63) is 54.1 Å². The van der Waals surface area contributed by atoms with Crippen LogP contribution in [0.2, 0.25) is 0 Å². The summed E-state index contributed by atoms with van der Waals surface area (Å²) in [6.07, 6.45) is 1.84. The molecule has 0 radical (unpaired) electrons. The molecule has 0 aliphatic carbocycles. The van der Waals surface area contributed by atoms with E-state index in [0.29, 0.717) is 24.2 Å². The lowest BCUT2D eigenvalue weighted by atomic mass is 10.2. The Labute approximate surface area is 168 Å². The van der Waals surface area contributed by atoms with Crippen LogP contribution in [0.5, 0.6) is 0 Å². The van der Waals surface area contributed by atoms with Crippen molar-refractivity contribution in [2.75, 3.05) is 10.6 Å². The molecule has 0 aliphatic heterocycles. The van der Waals surface area contributed by atoms with E-state index < -0.39 is 5.97 Å². The van der Waals surface area contributed by atoms with Crippen LogP contribution in [-0.4, -0.2) is 28.1 Å². The van der Waals surface area contributed by atoms with Gasteiger partial charge in [-0.2, -0.15) is 0 Å². The van der Waals surface area contributed by atoms with E-state index in [0.717, 1.165) is 11.3 Å². The van der Waals surface area contributed by atoms with Gasteiger partial charge in [-0.25, -0.2) is 4.79 Å². The number of aromatic carboxylic acids is 1. The van der Waals surface area contributed by atoms with Crippen LogP contribution in [0.3, 0.4) is 0 Å². The first-order valence-electron chi connectivity index (χ1n) is 9.13. The zero-order valence-electron chi connectivity index (χ0n) is 15.9. The number of carboxylic acid groups (broad SMARTS) is 1. The standard InChI is InChI=1S/C21H24N2O4S/c1-3-7-19(24)22-16-10-6-11-17(13-16)28-18(4-2)20(25)23-15-9-5-8-14(12-15)21(26)27/h5-6,8-13,18H,3-4,7H2,1-2H3,(H,22,24)(H,23,25)(H,26,27). The normalized spacial score (nSPS) is 11.5. The van der Waals surface area contributed by atoms with Gasteiger partial charge in [-0.15, -0.1) is 11.8 Å². The van der Waals surface area contributed by atoms with Crippen LogP contribution < -0.4 is 10.6 Å². The van der Waals surface area contributed by atoms with E-state index in [2.05, 4.69) is 10.6 Å². The summed E-state index contributed by atoms with van der Waals surface area (Å²) in [5.74, 6) is -1.28. The van der Waals surface area contributed by atoms with Crippen LogP contribution in [0.25, 0.3) is 0 Å². The second kappa shape index (κ2) is 10.5. The summed E-state index contributed by atoms with van der Waals surface area (Å²) in [4.78, 5) is 36.3. The number of carboxylic acids is 1. The summed E-state index contributed by atoms with van der Waals surface area (Å²) in [6, 6.07) is 13.5. The number of hydrogen-bond acceptors (Lipinski definition) is 4. The Bertz CT molecular complexity index is 854. The fourth-order valence-corrected chi connectivity index (χ4v) is 3.55. The first kappa shape index (κ1) is 21.5. The van der Waals surface area contributed by atoms with Crippen LogP contribution in [0, 0.1) is 0 Å². The third-order valence-corrected chi connectivity index (χ3v) is 5.27. The van der Waals surface area contributed by atoms with Crippen LogP contribution >= 0.6 is 11.8 Å². The summed E-state index contributed by atoms with van der Waals surface area (Å²) in [5.41, 5.74) is 1.27. The monoisotopic (exact) mass is 400 g/mol. The first-order valence-corrected chi connectivity index (χ1v) is 10.0. The predicted octanol–water partition coefficient (Wildman–Crippen LogP) is 4.63. The Kier molecular flexibility index (Phi) is 8.07. The lowest BCUT2D eigenvalue weighted by Gasteiger charge is -2.15. The largest absolute Gasteiger partial charge is 0.478 e. The van der Waals surface area contributed by atoms with E-state index in [1.807, 2.05) is 38.1 Å². The maximum atomic E-state index is 12.6. The van der Waals surface area contributed by atoms with E-state index in [1.54, 1.807) is 12.1 Å². The topological polar surface area (TPSA) is 95.5 Å². The molecule has 0 spiro atoms. The molecule has 0 fully saturated rings. The van der Waals surface area contributed by atoms with Crippen molar-refractivity contribution < 1.29 is 19.5 Å². The summed E-state index contributed by atoms with van der Waals surface area (Å²) >= 11 is 1.40. The summed E-state index contributed by atoms with van der Waals surface area (Å²) in [7, 11) is 0. The molecule has 2 amide bonds. The average molecular weight is 401 g/mol. The molecule has 0 aromatic heterocycles. The third kappa shape index (κ3) is 6.42. The van der Waals surface area contributed by atoms with Gasteiger partial charge in [0.15, 0.2) is 0 Å². The van der Waals surface area contributed by atoms with E-state index in [1.165, 1.54) is 23.9 Å². The zero-order chi connectivity index (χ0) is 20.5. The summed E-state index contributed by atoms with van der Waals surface area (Å²) in [5, 5.41) is 14.3. The van der Waals surface area contributed by atoms with Crippen LogP contribution in [0.15, 0.2) is 53.4 Å². The van der Waals surface area contributed by atoms with Crippen molar-refractivity contribution in [1.82, 2.24) is 0 Å². The average Bonchev–Trinajstić information content (AvgIpc) is 2.66. The molecule has 0 saturated heterocycles. The molecule has 0 bridgehead atoms. The Hall–Kier alpha value is -2.80. The van der Waals surface area contributed by atoms with Gasteiger partial charge < -0.3 is 15.7 Å². The molecule has 28 heavy (non-hydrogen) atoms. The molecule has 0 saturated carbocycles. The van der Waals surface area contributed by atoms with Gasteiger partial charge in [0.1, 0.15) is 0 Å². The molecule has 2 aromatic rings. The van der Waals surface area contributed by atoms with Crippen molar-refractivity contribution in [1.29, 1.82) is 0 Å². The highest BCUT2D eigenvalue weighted by Crippen LogP contribution is 2.28. The van der Waals surface area contributed by atoms with Crippen LogP contribution in [0.4, 0.5) is 11.4 Å². The molecule has 1 unspecified atom stereocenters. The lowest BCUT2D eigenvalue weighted by molar-refractivity contribution is -0.116. The van der Waals surface area contributed by atoms with Crippen molar-refractivity contribution in [3.8, 4) is 0 Å². The fourth-order valence-electron chi connectivity index (χ4n) is 2.54. The van der Waals surface area contributed by atoms with Crippen LogP contribution in [0.1, 0.15) is 43.5 Å². The van der Waals surface area contributed by atoms with Gasteiger partial charge in [0, 0.05) is 22.7 Å². The molecular formula is C21H24N2O4S. The zero-order valence-corrected chi connectivity index (χ0v) is 16.7. The summed E-state index contributed by atoms with van der Waals surface area (Å²) in [6.45, 7) is 3.86. The molecule has 0 aliphatic rings. The number of carbonyl (C=O) groups excluding carboxylic acids is 2. The van der Waals surface area contributed by atoms with E-state index >= 15 is 0 Å². The molecule has 6 nitrogen and oxygen atoms in total. The minimum atomic E-state index is -1.04. The van der Waals surface area contributed by atoms with E-state index in [9.17, 15) is 14.4 Å². The van der Waals surface area contributed by atoms with Gasteiger partial charge in [-0.1, -0.05) is 26.0 Å². The quantitative estimate of drug-likeness (QED) is 0.533. The van der Waals surface area contributed by atoms with Crippen molar-refractivity contribution in [3.63, 3.8) is 0 Å². The molecular weight excluding hydrogens is 376 g/mol. The number of nitrogens with one attached hydrogen (secondary N) is 2. The Balaban J connectivity index is 2.05. The Morgan fingerprint density at radius 3 is 2.32 bits per heavy atom. The number of rotatable bonds is 9. The second-order valence-corrected chi connectivity index (χ2v) is 7.49. The van der Waals surface area contributed by atoms with Gasteiger partial charge in [0.05, 0.1) is 10.8 Å².